The third kappa shape index (κ3) is 4.99. The van der Waals surface area contributed by atoms with Crippen molar-refractivity contribution in [3.05, 3.63) is 59.7 Å². The fourth-order valence-electron chi connectivity index (χ4n) is 3.21. The molecule has 1 aliphatic rings. The number of oxime groups is 2. The maximum Gasteiger partial charge on any atom is 0.243 e. The maximum atomic E-state index is 13.1. The molecule has 2 aromatic rings. The van der Waals surface area contributed by atoms with E-state index in [-0.39, 0.29) is 47.4 Å². The van der Waals surface area contributed by atoms with Crippen molar-refractivity contribution in [3.63, 3.8) is 0 Å². The highest BCUT2D eigenvalue weighted by atomic mass is 32.2. The Labute approximate surface area is 187 Å². The minimum atomic E-state index is -4.03. The zero-order valence-corrected chi connectivity index (χ0v) is 19.2. The van der Waals surface area contributed by atoms with Gasteiger partial charge in [0.1, 0.15) is 0 Å². The number of nitrogens with zero attached hydrogens (tertiary/aromatic N) is 4. The van der Waals surface area contributed by atoms with Gasteiger partial charge in [-0.2, -0.15) is 8.61 Å². The van der Waals surface area contributed by atoms with Crippen molar-refractivity contribution in [2.45, 2.75) is 23.6 Å². The highest BCUT2D eigenvalue weighted by Gasteiger charge is 2.35. The smallest absolute Gasteiger partial charge is 0.243 e. The average molecular weight is 481 g/mol. The first-order valence-electron chi connectivity index (χ1n) is 9.61. The van der Waals surface area contributed by atoms with Crippen LogP contribution in [0.25, 0.3) is 0 Å². The largest absolute Gasteiger partial charge is 0.411 e. The van der Waals surface area contributed by atoms with Crippen LogP contribution in [-0.2, 0) is 20.0 Å². The van der Waals surface area contributed by atoms with Crippen molar-refractivity contribution in [2.75, 3.05) is 26.2 Å². The number of hydrogen-bond acceptors (Lipinski definition) is 8. The van der Waals surface area contributed by atoms with Crippen LogP contribution < -0.4 is 0 Å². The molecule has 0 aliphatic carbocycles. The molecule has 3 rings (SSSR count). The van der Waals surface area contributed by atoms with Crippen LogP contribution in [-0.4, -0.2) is 73.5 Å². The summed E-state index contributed by atoms with van der Waals surface area (Å²) in [6.45, 7) is 2.11. The molecular formula is C20H24N4O6S2. The molecule has 12 heteroatoms. The van der Waals surface area contributed by atoms with Gasteiger partial charge in [0, 0.05) is 0 Å². The molecule has 0 bridgehead atoms. The molecule has 1 aliphatic heterocycles. The van der Waals surface area contributed by atoms with Gasteiger partial charge in [-0.05, 0) is 38.1 Å². The molecule has 0 aromatic heterocycles. The predicted molar refractivity (Wildman–Crippen MR) is 118 cm³/mol. The fourth-order valence-corrected chi connectivity index (χ4v) is 6.04. The Hall–Kier alpha value is -2.80. The summed E-state index contributed by atoms with van der Waals surface area (Å²) in [6, 6.07) is 12.4. The van der Waals surface area contributed by atoms with Crippen LogP contribution in [0.3, 0.4) is 0 Å². The van der Waals surface area contributed by atoms with Crippen molar-refractivity contribution in [3.8, 4) is 0 Å². The van der Waals surface area contributed by atoms with Crippen LogP contribution >= 0.6 is 0 Å². The Balaban J connectivity index is 1.96. The summed E-state index contributed by atoms with van der Waals surface area (Å²) in [4.78, 5) is 0.0322. The van der Waals surface area contributed by atoms with E-state index in [0.29, 0.717) is 0 Å². The Bertz CT molecular complexity index is 1120. The summed E-state index contributed by atoms with van der Waals surface area (Å²) in [5, 5.41) is 25.2. The van der Waals surface area contributed by atoms with Crippen molar-refractivity contribution < 1.29 is 27.3 Å². The van der Waals surface area contributed by atoms with Gasteiger partial charge >= 0.3 is 0 Å². The molecule has 1 fully saturated rings. The molecule has 2 N–H and O–H groups in total. The minimum absolute atomic E-state index is 0.0161. The lowest BCUT2D eigenvalue weighted by molar-refractivity contribution is 0.305. The first kappa shape index (κ1) is 23.9. The summed E-state index contributed by atoms with van der Waals surface area (Å²) in [5.41, 5.74) is 1.61. The molecule has 2 aromatic carbocycles. The number of benzene rings is 2. The van der Waals surface area contributed by atoms with Crippen molar-refractivity contribution in [1.29, 1.82) is 0 Å². The quantitative estimate of drug-likeness (QED) is 0.504. The van der Waals surface area contributed by atoms with E-state index in [9.17, 15) is 27.3 Å². The van der Waals surface area contributed by atoms with Gasteiger partial charge in [-0.3, -0.25) is 0 Å². The van der Waals surface area contributed by atoms with Crippen LogP contribution in [0.4, 0.5) is 0 Å². The number of sulfonamides is 2. The van der Waals surface area contributed by atoms with Gasteiger partial charge in [-0.25, -0.2) is 16.8 Å². The van der Waals surface area contributed by atoms with E-state index in [2.05, 4.69) is 10.3 Å². The molecular weight excluding hydrogens is 456 g/mol. The van der Waals surface area contributed by atoms with Gasteiger partial charge in [-0.15, -0.1) is 0 Å². The van der Waals surface area contributed by atoms with E-state index in [1.807, 2.05) is 13.8 Å². The molecule has 0 unspecified atom stereocenters. The van der Waals surface area contributed by atoms with Crippen LogP contribution in [0.5, 0.6) is 0 Å². The summed E-state index contributed by atoms with van der Waals surface area (Å²) in [7, 11) is -8.07. The lowest BCUT2D eigenvalue weighted by Gasteiger charge is -2.30. The Morgan fingerprint density at radius 3 is 1.16 bits per heavy atom. The van der Waals surface area contributed by atoms with Gasteiger partial charge in [0.05, 0.1) is 47.4 Å². The van der Waals surface area contributed by atoms with Crippen molar-refractivity contribution in [1.82, 2.24) is 8.61 Å². The van der Waals surface area contributed by atoms with Gasteiger partial charge < -0.3 is 10.4 Å². The van der Waals surface area contributed by atoms with Gasteiger partial charge in [0.2, 0.25) is 20.0 Å². The highest BCUT2D eigenvalue weighted by molar-refractivity contribution is 7.89. The van der Waals surface area contributed by atoms with Gasteiger partial charge in [0.25, 0.3) is 0 Å². The lowest BCUT2D eigenvalue weighted by atomic mass is 10.2. The second kappa shape index (κ2) is 9.36. The lowest BCUT2D eigenvalue weighted by Crippen LogP contribution is -2.50. The first-order chi connectivity index (χ1) is 15.1. The molecule has 10 nitrogen and oxygen atoms in total. The number of aryl methyl sites for hydroxylation is 2. The summed E-state index contributed by atoms with van der Waals surface area (Å²) < 4.78 is 54.5. The summed E-state index contributed by atoms with van der Waals surface area (Å²) in [6.07, 6.45) is 0. The molecule has 0 saturated carbocycles. The van der Waals surface area contributed by atoms with Crippen LogP contribution in [0.2, 0.25) is 0 Å². The SMILES string of the molecule is Cc1ccc(S(=O)(=O)N2CC(=NO)CN(S(=O)(=O)c3ccc(C)cc3)CC(=NO)C2)cc1. The molecule has 32 heavy (non-hydrogen) atoms. The minimum Gasteiger partial charge on any atom is -0.411 e. The van der Waals surface area contributed by atoms with Gasteiger partial charge in [0.15, 0.2) is 0 Å². The Morgan fingerprint density at radius 1 is 0.625 bits per heavy atom. The second-order valence-corrected chi connectivity index (χ2v) is 11.4. The first-order valence-corrected chi connectivity index (χ1v) is 12.5. The number of hydrogen-bond donors (Lipinski definition) is 2. The second-order valence-electron chi connectivity index (χ2n) is 7.50. The molecule has 1 saturated heterocycles. The standard InChI is InChI=1S/C20H24N4O6S2/c1-15-3-7-19(8-4-15)31(27,28)23-11-17(21-25)13-24(14-18(12-23)22-26)32(29,30)20-9-5-16(2)6-10-20/h3-10,25-26H,11-14H2,1-2H3. The Morgan fingerprint density at radius 2 is 0.906 bits per heavy atom. The van der Waals surface area contributed by atoms with E-state index < -0.39 is 20.0 Å². The summed E-state index contributed by atoms with van der Waals surface area (Å²) >= 11 is 0. The van der Waals surface area contributed by atoms with E-state index in [1.54, 1.807) is 24.3 Å². The van der Waals surface area contributed by atoms with Crippen molar-refractivity contribution in [2.24, 2.45) is 10.3 Å². The highest BCUT2D eigenvalue weighted by Crippen LogP contribution is 2.21. The monoisotopic (exact) mass is 480 g/mol. The van der Waals surface area contributed by atoms with Gasteiger partial charge in [-0.1, -0.05) is 45.7 Å². The van der Waals surface area contributed by atoms with Crippen LogP contribution in [0.1, 0.15) is 11.1 Å². The molecule has 0 amide bonds. The third-order valence-electron chi connectivity index (χ3n) is 5.04. The van der Waals surface area contributed by atoms with Crippen LogP contribution in [0.15, 0.2) is 68.6 Å². The Kier molecular flexibility index (Phi) is 6.98. The molecule has 0 radical (unpaired) electrons. The molecule has 0 atom stereocenters. The molecule has 172 valence electrons. The van der Waals surface area contributed by atoms with E-state index in [0.717, 1.165) is 19.7 Å². The zero-order valence-electron chi connectivity index (χ0n) is 17.6. The third-order valence-corrected chi connectivity index (χ3v) is 8.65. The zero-order chi connectivity index (χ0) is 23.5. The predicted octanol–water partition coefficient (Wildman–Crippen LogP) is 1.66. The van der Waals surface area contributed by atoms with Crippen LogP contribution in [0, 0.1) is 13.8 Å². The fraction of sp³-hybridized carbons (Fsp3) is 0.300. The van der Waals surface area contributed by atoms with Crippen molar-refractivity contribution >= 4 is 31.5 Å². The average Bonchev–Trinajstić information content (AvgIpc) is 2.74. The number of rotatable bonds is 4. The van der Waals surface area contributed by atoms with E-state index in [4.69, 9.17) is 0 Å². The summed E-state index contributed by atoms with van der Waals surface area (Å²) in [5.74, 6) is 0. The van der Waals surface area contributed by atoms with E-state index >= 15 is 0 Å². The molecule has 1 heterocycles. The maximum absolute atomic E-state index is 13.1. The van der Waals surface area contributed by atoms with E-state index in [1.165, 1.54) is 24.3 Å². The molecule has 0 spiro atoms. The topological polar surface area (TPSA) is 140 Å². The normalized spacial score (nSPS) is 16.9.